The van der Waals surface area contributed by atoms with Crippen molar-refractivity contribution < 1.29 is 4.52 Å². The number of allylic oxidation sites excluding steroid dienone is 1. The predicted octanol–water partition coefficient (Wildman–Crippen LogP) is 6.91. The first-order valence-electron chi connectivity index (χ1n) is 11.5. The van der Waals surface area contributed by atoms with E-state index in [-0.39, 0.29) is 0 Å². The van der Waals surface area contributed by atoms with Crippen molar-refractivity contribution in [3.63, 3.8) is 0 Å². The van der Waals surface area contributed by atoms with Crippen LogP contribution in [0.15, 0.2) is 61.1 Å². The van der Waals surface area contributed by atoms with Gasteiger partial charge < -0.3 is 4.52 Å². The second-order valence-electron chi connectivity index (χ2n) is 7.79. The molecule has 0 N–H and O–H groups in total. The summed E-state index contributed by atoms with van der Waals surface area (Å²) in [6.45, 7) is 8.31. The van der Waals surface area contributed by atoms with Gasteiger partial charge in [0.05, 0.1) is 30.6 Å². The van der Waals surface area contributed by atoms with Crippen LogP contribution < -0.4 is 0 Å². The quantitative estimate of drug-likeness (QED) is 0.128. The second kappa shape index (κ2) is 11.9. The number of hydrogen-bond acceptors (Lipinski definition) is 4. The molecule has 8 heteroatoms. The highest BCUT2D eigenvalue weighted by molar-refractivity contribution is 14.2. The number of benzene rings is 1. The van der Waals surface area contributed by atoms with Crippen molar-refractivity contribution in [2.24, 2.45) is 0 Å². The van der Waals surface area contributed by atoms with E-state index in [2.05, 4.69) is 64.5 Å². The van der Waals surface area contributed by atoms with Crippen molar-refractivity contribution in [1.82, 2.24) is 24.5 Å². The maximum atomic E-state index is 5.44. The highest BCUT2D eigenvalue weighted by atomic mass is 127. The fourth-order valence-corrected chi connectivity index (χ4v) is 4.85. The zero-order valence-electron chi connectivity index (χ0n) is 19.7. The minimum Gasteiger partial charge on any atom is -0.352 e. The lowest BCUT2D eigenvalue weighted by molar-refractivity contribution is 0.343. The molecule has 4 aromatic rings. The van der Waals surface area contributed by atoms with Crippen molar-refractivity contribution in [2.75, 3.05) is 6.61 Å². The van der Waals surface area contributed by atoms with Crippen molar-refractivity contribution in [3.05, 3.63) is 83.4 Å². The molecular weight excluding hydrogens is 556 g/mol. The maximum absolute atomic E-state index is 5.44. The predicted molar refractivity (Wildman–Crippen MR) is 150 cm³/mol. The van der Waals surface area contributed by atoms with E-state index in [4.69, 9.17) is 14.6 Å². The molecule has 0 spiro atoms. The van der Waals surface area contributed by atoms with Gasteiger partial charge in [0.2, 0.25) is 0 Å². The Morgan fingerprint density at radius 1 is 1.12 bits per heavy atom. The summed E-state index contributed by atoms with van der Waals surface area (Å²) in [5.74, 6) is 0.840. The Kier molecular flexibility index (Phi) is 8.64. The van der Waals surface area contributed by atoms with Crippen LogP contribution in [0.5, 0.6) is 0 Å². The van der Waals surface area contributed by atoms with Crippen molar-refractivity contribution in [2.45, 2.75) is 40.2 Å². The van der Waals surface area contributed by atoms with Gasteiger partial charge in [-0.3, -0.25) is 4.68 Å². The molecular formula is C26H29IN5OP. The standard InChI is InChI=1S/C24H23IN5OP.C2H6/c1-17-12-24(30-10-8-22(28-30)18-6-3-2-4-7-18)27-23-14-19(13-21(17)23)20-15-26-29(16-20)9-5-11-31-32-25;1-2/h2-4,6-8,10,12,14-16,32H,5,9,11,13H2,1H3;1-2H3. The van der Waals surface area contributed by atoms with E-state index in [1.807, 2.05) is 59.9 Å². The molecule has 34 heavy (non-hydrogen) atoms. The molecule has 0 bridgehead atoms. The van der Waals surface area contributed by atoms with Gasteiger partial charge in [0.15, 0.2) is 5.82 Å². The first-order valence-corrected chi connectivity index (χ1v) is 15.6. The van der Waals surface area contributed by atoms with Gasteiger partial charge in [0.1, 0.15) is 0 Å². The Hall–Kier alpha value is -2.35. The number of rotatable bonds is 8. The fraction of sp³-hybridized carbons (Fsp3) is 0.269. The lowest BCUT2D eigenvalue weighted by Crippen LogP contribution is -2.02. The first-order chi connectivity index (χ1) is 16.7. The lowest BCUT2D eigenvalue weighted by Gasteiger charge is -2.08. The number of nitrogens with zero attached hydrogens (tertiary/aromatic N) is 5. The highest BCUT2D eigenvalue weighted by Gasteiger charge is 2.20. The van der Waals surface area contributed by atoms with Gasteiger partial charge in [-0.2, -0.15) is 10.2 Å². The highest BCUT2D eigenvalue weighted by Crippen LogP contribution is 2.33. The molecule has 0 saturated heterocycles. The van der Waals surface area contributed by atoms with E-state index < -0.39 is 0 Å². The molecule has 6 nitrogen and oxygen atoms in total. The Morgan fingerprint density at radius 3 is 2.74 bits per heavy atom. The zero-order chi connectivity index (χ0) is 23.9. The monoisotopic (exact) mass is 585 g/mol. The lowest BCUT2D eigenvalue weighted by atomic mass is 10.0. The largest absolute Gasteiger partial charge is 0.352 e. The number of halogens is 1. The molecule has 3 aromatic heterocycles. The zero-order valence-corrected chi connectivity index (χ0v) is 22.9. The average molecular weight is 585 g/mol. The molecule has 0 saturated carbocycles. The normalized spacial score (nSPS) is 12.5. The molecule has 1 aliphatic carbocycles. The molecule has 1 aromatic carbocycles. The van der Waals surface area contributed by atoms with Crippen LogP contribution in [0.4, 0.5) is 0 Å². The van der Waals surface area contributed by atoms with Gasteiger partial charge in [0.25, 0.3) is 0 Å². The maximum Gasteiger partial charge on any atom is 0.154 e. The average Bonchev–Trinajstić information content (AvgIpc) is 3.63. The number of aromatic nitrogens is 5. The SMILES string of the molecule is CC.Cc1cc(-n2ccc(-c3ccccc3)n2)nc2c1CC(c1cnn(CCCOPI)c1)=C2. The van der Waals surface area contributed by atoms with Crippen LogP contribution in [0.3, 0.4) is 0 Å². The topological polar surface area (TPSA) is 57.8 Å². The van der Waals surface area contributed by atoms with Gasteiger partial charge >= 0.3 is 0 Å². The van der Waals surface area contributed by atoms with Gasteiger partial charge in [-0.25, -0.2) is 9.67 Å². The molecule has 5 rings (SSSR count). The van der Waals surface area contributed by atoms with Crippen LogP contribution in [0, 0.1) is 6.92 Å². The summed E-state index contributed by atoms with van der Waals surface area (Å²) >= 11 is 2.25. The third-order valence-corrected chi connectivity index (χ3v) is 6.88. The summed E-state index contributed by atoms with van der Waals surface area (Å²) in [5, 5.41) is 9.28. The van der Waals surface area contributed by atoms with Gasteiger partial charge in [-0.05, 0) is 70.3 Å². The Balaban J connectivity index is 0.00000133. The van der Waals surface area contributed by atoms with Crippen LogP contribution in [-0.4, -0.2) is 31.2 Å². The molecule has 1 atom stereocenters. The molecule has 0 fully saturated rings. The van der Waals surface area contributed by atoms with E-state index >= 15 is 0 Å². The minimum absolute atomic E-state index is 0.515. The van der Waals surface area contributed by atoms with Crippen molar-refractivity contribution in [3.8, 4) is 17.1 Å². The summed E-state index contributed by atoms with van der Waals surface area (Å²) in [6, 6.07) is 14.4. The third-order valence-electron chi connectivity index (χ3n) is 5.63. The Labute approximate surface area is 215 Å². The number of hydrogen-bond donors (Lipinski definition) is 0. The van der Waals surface area contributed by atoms with Crippen LogP contribution in [0.25, 0.3) is 28.7 Å². The third kappa shape index (κ3) is 5.65. The van der Waals surface area contributed by atoms with E-state index in [0.717, 1.165) is 54.3 Å². The van der Waals surface area contributed by atoms with E-state index in [1.54, 1.807) is 0 Å². The van der Waals surface area contributed by atoms with E-state index in [0.29, 0.717) is 6.45 Å². The molecule has 1 unspecified atom stereocenters. The molecule has 0 aliphatic heterocycles. The summed E-state index contributed by atoms with van der Waals surface area (Å²) in [7, 11) is 0. The van der Waals surface area contributed by atoms with E-state index in [1.165, 1.54) is 16.7 Å². The molecule has 176 valence electrons. The van der Waals surface area contributed by atoms with Crippen LogP contribution >= 0.6 is 28.5 Å². The van der Waals surface area contributed by atoms with Crippen LogP contribution in [-0.2, 0) is 17.5 Å². The smallest absolute Gasteiger partial charge is 0.154 e. The summed E-state index contributed by atoms with van der Waals surface area (Å²) in [4.78, 5) is 4.92. The van der Waals surface area contributed by atoms with Crippen LogP contribution in [0.1, 0.15) is 42.7 Å². The van der Waals surface area contributed by atoms with E-state index in [9.17, 15) is 0 Å². The van der Waals surface area contributed by atoms with Gasteiger partial charge in [0, 0.05) is 36.5 Å². The Bertz CT molecular complexity index is 1270. The Morgan fingerprint density at radius 2 is 1.94 bits per heavy atom. The number of fused-ring (bicyclic) bond motifs is 1. The minimum atomic E-state index is 0.515. The summed E-state index contributed by atoms with van der Waals surface area (Å²) < 4.78 is 9.30. The van der Waals surface area contributed by atoms with Crippen LogP contribution in [0.2, 0.25) is 0 Å². The van der Waals surface area contributed by atoms with Crippen molar-refractivity contribution >= 4 is 40.1 Å². The summed E-state index contributed by atoms with van der Waals surface area (Å²) in [6.07, 6.45) is 10.1. The van der Waals surface area contributed by atoms with Gasteiger partial charge in [-0.1, -0.05) is 44.2 Å². The second-order valence-corrected chi connectivity index (χ2v) is 9.55. The van der Waals surface area contributed by atoms with Gasteiger partial charge in [-0.15, -0.1) is 0 Å². The molecule has 3 heterocycles. The molecule has 0 amide bonds. The summed E-state index contributed by atoms with van der Waals surface area (Å²) in [5.41, 5.74) is 8.00. The molecule has 1 aliphatic rings. The molecule has 0 radical (unpaired) electrons. The van der Waals surface area contributed by atoms with Crippen molar-refractivity contribution in [1.29, 1.82) is 0 Å². The number of pyridine rings is 1. The first kappa shape index (κ1) is 24.8. The fourth-order valence-electron chi connectivity index (χ4n) is 3.97. The number of aryl methyl sites for hydroxylation is 2.